The molecule has 0 atom stereocenters. The fraction of sp³-hybridized carbons (Fsp3) is 0.200. The minimum Gasteiger partial charge on any atom is -0.395 e. The molecule has 23 heavy (non-hydrogen) atoms. The van der Waals surface area contributed by atoms with Crippen LogP contribution in [-0.2, 0) is 0 Å². The third-order valence-electron chi connectivity index (χ3n) is 3.04. The van der Waals surface area contributed by atoms with E-state index < -0.39 is 0 Å². The van der Waals surface area contributed by atoms with E-state index in [4.69, 9.17) is 39.9 Å². The van der Waals surface area contributed by atoms with E-state index >= 15 is 0 Å². The predicted molar refractivity (Wildman–Crippen MR) is 97.3 cm³/mol. The van der Waals surface area contributed by atoms with Gasteiger partial charge in [-0.2, -0.15) is 5.10 Å². The Morgan fingerprint density at radius 3 is 2.57 bits per heavy atom. The van der Waals surface area contributed by atoms with Crippen molar-refractivity contribution >= 4 is 52.5 Å². The maximum Gasteiger partial charge on any atom is 0.166 e. The number of nitrogens with one attached hydrogen (secondary N) is 1. The largest absolute Gasteiger partial charge is 0.395 e. The van der Waals surface area contributed by atoms with Crippen LogP contribution in [0.2, 0.25) is 15.2 Å². The fourth-order valence-electron chi connectivity index (χ4n) is 1.78. The molecule has 1 heterocycles. The lowest BCUT2D eigenvalue weighted by molar-refractivity contribution is 0.304. The van der Waals surface area contributed by atoms with E-state index in [2.05, 4.69) is 15.5 Å². The van der Waals surface area contributed by atoms with Crippen LogP contribution < -0.4 is 10.3 Å². The molecule has 0 saturated carbocycles. The van der Waals surface area contributed by atoms with Crippen molar-refractivity contribution in [1.82, 2.24) is 4.98 Å². The SMILES string of the molecule is CN(CCO)c1ccc(C=NNc2nc(Cl)c(Cl)cc2Cl)cc1. The van der Waals surface area contributed by atoms with Crippen molar-refractivity contribution in [3.63, 3.8) is 0 Å². The van der Waals surface area contributed by atoms with Gasteiger partial charge in [0, 0.05) is 19.3 Å². The number of hydrogen-bond donors (Lipinski definition) is 2. The zero-order valence-electron chi connectivity index (χ0n) is 12.3. The summed E-state index contributed by atoms with van der Waals surface area (Å²) in [5.74, 6) is 0.330. The number of rotatable bonds is 6. The van der Waals surface area contributed by atoms with Crippen molar-refractivity contribution in [2.45, 2.75) is 0 Å². The van der Waals surface area contributed by atoms with Gasteiger partial charge in [0.05, 0.1) is 22.9 Å². The average molecular weight is 374 g/mol. The number of aliphatic hydroxyl groups is 1. The predicted octanol–water partition coefficient (Wildman–Crippen LogP) is 3.92. The standard InChI is InChI=1S/C15H15Cl3N4O/c1-22(6-7-23)11-4-2-10(3-5-11)9-19-21-15-13(17)8-12(16)14(18)20-15/h2-5,8-9,23H,6-7H2,1H3,(H,20,21). The Kier molecular flexibility index (Phi) is 6.47. The summed E-state index contributed by atoms with van der Waals surface area (Å²) in [6.07, 6.45) is 1.64. The van der Waals surface area contributed by atoms with E-state index in [9.17, 15) is 0 Å². The molecule has 2 rings (SSSR count). The number of benzene rings is 1. The number of hydrazone groups is 1. The Bertz CT molecular complexity index is 692. The molecular formula is C15H15Cl3N4O. The molecule has 0 aliphatic heterocycles. The topological polar surface area (TPSA) is 60.8 Å². The highest BCUT2D eigenvalue weighted by molar-refractivity contribution is 6.42. The summed E-state index contributed by atoms with van der Waals surface area (Å²) in [5.41, 5.74) is 4.64. The quantitative estimate of drug-likeness (QED) is 0.458. The molecule has 0 amide bonds. The summed E-state index contributed by atoms with van der Waals surface area (Å²) in [5, 5.41) is 13.8. The first kappa shape index (κ1) is 17.8. The van der Waals surface area contributed by atoms with Crippen molar-refractivity contribution in [3.05, 3.63) is 51.1 Å². The van der Waals surface area contributed by atoms with Gasteiger partial charge in [0.1, 0.15) is 5.15 Å². The zero-order valence-corrected chi connectivity index (χ0v) is 14.6. The molecule has 122 valence electrons. The highest BCUT2D eigenvalue weighted by Gasteiger charge is 2.06. The van der Waals surface area contributed by atoms with Crippen LogP contribution in [0, 0.1) is 0 Å². The van der Waals surface area contributed by atoms with Gasteiger partial charge in [-0.1, -0.05) is 46.9 Å². The van der Waals surface area contributed by atoms with Gasteiger partial charge in [-0.25, -0.2) is 4.98 Å². The third-order valence-corrected chi connectivity index (χ3v) is 4.00. The van der Waals surface area contributed by atoms with Gasteiger partial charge in [0.25, 0.3) is 0 Å². The van der Waals surface area contributed by atoms with Gasteiger partial charge < -0.3 is 10.0 Å². The molecule has 0 fully saturated rings. The summed E-state index contributed by atoms with van der Waals surface area (Å²) in [6.45, 7) is 0.692. The van der Waals surface area contributed by atoms with E-state index in [-0.39, 0.29) is 16.8 Å². The van der Waals surface area contributed by atoms with Gasteiger partial charge in [-0.15, -0.1) is 0 Å². The zero-order chi connectivity index (χ0) is 16.8. The first-order valence-electron chi connectivity index (χ1n) is 6.74. The van der Waals surface area contributed by atoms with Crippen molar-refractivity contribution in [2.24, 2.45) is 5.10 Å². The van der Waals surface area contributed by atoms with Gasteiger partial charge in [0.2, 0.25) is 0 Å². The molecule has 0 bridgehead atoms. The molecular weight excluding hydrogens is 359 g/mol. The number of aromatic nitrogens is 1. The van der Waals surface area contributed by atoms with Crippen LogP contribution in [0.1, 0.15) is 5.56 Å². The van der Waals surface area contributed by atoms with E-state index in [1.807, 2.05) is 36.2 Å². The van der Waals surface area contributed by atoms with Crippen LogP contribution in [0.3, 0.4) is 0 Å². The minimum absolute atomic E-state index is 0.112. The van der Waals surface area contributed by atoms with E-state index in [1.54, 1.807) is 6.21 Å². The monoisotopic (exact) mass is 372 g/mol. The molecule has 0 saturated heterocycles. The lowest BCUT2D eigenvalue weighted by Gasteiger charge is -2.17. The van der Waals surface area contributed by atoms with Crippen LogP contribution in [0.4, 0.5) is 11.5 Å². The van der Waals surface area contributed by atoms with E-state index in [1.165, 1.54) is 6.07 Å². The minimum atomic E-state index is 0.112. The molecule has 0 radical (unpaired) electrons. The van der Waals surface area contributed by atoms with Crippen LogP contribution in [0.5, 0.6) is 0 Å². The Balaban J connectivity index is 2.02. The average Bonchev–Trinajstić information content (AvgIpc) is 2.53. The summed E-state index contributed by atoms with van der Waals surface area (Å²) < 4.78 is 0. The molecule has 2 N–H and O–H groups in total. The van der Waals surface area contributed by atoms with Gasteiger partial charge >= 0.3 is 0 Å². The van der Waals surface area contributed by atoms with Crippen molar-refractivity contribution in [2.75, 3.05) is 30.5 Å². The summed E-state index contributed by atoms with van der Waals surface area (Å²) in [7, 11) is 1.92. The smallest absolute Gasteiger partial charge is 0.166 e. The van der Waals surface area contributed by atoms with Gasteiger partial charge in [0.15, 0.2) is 5.82 Å². The lowest BCUT2D eigenvalue weighted by Crippen LogP contribution is -2.20. The Hall–Kier alpha value is -1.53. The highest BCUT2D eigenvalue weighted by atomic mass is 35.5. The first-order valence-corrected chi connectivity index (χ1v) is 7.87. The molecule has 1 aromatic carbocycles. The third kappa shape index (κ3) is 4.97. The number of likely N-dealkylation sites (N-methyl/N-ethyl adjacent to an activating group) is 1. The number of hydrogen-bond acceptors (Lipinski definition) is 5. The molecule has 0 aliphatic carbocycles. The van der Waals surface area contributed by atoms with Gasteiger partial charge in [-0.05, 0) is 23.8 Å². The summed E-state index contributed by atoms with van der Waals surface area (Å²) in [6, 6.07) is 9.22. The normalized spacial score (nSPS) is 11.0. The highest BCUT2D eigenvalue weighted by Crippen LogP contribution is 2.28. The molecule has 5 nitrogen and oxygen atoms in total. The number of nitrogens with zero attached hydrogens (tertiary/aromatic N) is 3. The fourth-order valence-corrected chi connectivity index (χ4v) is 2.32. The van der Waals surface area contributed by atoms with Crippen molar-refractivity contribution < 1.29 is 5.11 Å². The van der Waals surface area contributed by atoms with Crippen LogP contribution >= 0.6 is 34.8 Å². The summed E-state index contributed by atoms with van der Waals surface area (Å²) in [4.78, 5) is 5.96. The molecule has 0 spiro atoms. The van der Waals surface area contributed by atoms with E-state index in [0.29, 0.717) is 17.4 Å². The molecule has 0 unspecified atom stereocenters. The maximum absolute atomic E-state index is 8.93. The van der Waals surface area contributed by atoms with Crippen molar-refractivity contribution in [3.8, 4) is 0 Å². The maximum atomic E-state index is 8.93. The van der Waals surface area contributed by atoms with E-state index in [0.717, 1.165) is 11.3 Å². The lowest BCUT2D eigenvalue weighted by atomic mass is 10.2. The van der Waals surface area contributed by atoms with Crippen LogP contribution in [0.15, 0.2) is 35.4 Å². The second kappa shape index (κ2) is 8.36. The second-order valence-corrected chi connectivity index (χ2v) is 5.87. The molecule has 2 aromatic rings. The molecule has 0 aliphatic rings. The summed E-state index contributed by atoms with van der Waals surface area (Å²) >= 11 is 17.7. The van der Waals surface area contributed by atoms with Crippen LogP contribution in [-0.4, -0.2) is 36.5 Å². The van der Waals surface area contributed by atoms with Gasteiger partial charge in [-0.3, -0.25) is 5.43 Å². The Labute approximate surface area is 149 Å². The number of pyridine rings is 1. The van der Waals surface area contributed by atoms with Crippen molar-refractivity contribution in [1.29, 1.82) is 0 Å². The molecule has 8 heteroatoms. The molecule has 1 aromatic heterocycles. The first-order chi connectivity index (χ1) is 11.0. The van der Waals surface area contributed by atoms with Crippen LogP contribution in [0.25, 0.3) is 0 Å². The number of aliphatic hydroxyl groups excluding tert-OH is 1. The Morgan fingerprint density at radius 2 is 1.91 bits per heavy atom. The second-order valence-electron chi connectivity index (χ2n) is 4.70. The Morgan fingerprint density at radius 1 is 1.22 bits per heavy atom. The number of anilines is 2. The number of halogens is 3.